The predicted molar refractivity (Wildman–Crippen MR) is 79.1 cm³/mol. The minimum absolute atomic E-state index is 0.0172. The van der Waals surface area contributed by atoms with Crippen molar-refractivity contribution in [1.29, 1.82) is 0 Å². The van der Waals surface area contributed by atoms with Crippen LogP contribution in [0.1, 0.15) is 19.4 Å². The van der Waals surface area contributed by atoms with E-state index in [9.17, 15) is 4.79 Å². The third kappa shape index (κ3) is 4.62. The largest absolute Gasteiger partial charge is 0.496 e. The Morgan fingerprint density at radius 3 is 2.68 bits per heavy atom. The molecule has 0 bridgehead atoms. The summed E-state index contributed by atoms with van der Waals surface area (Å²) < 4.78 is 5.24. The number of para-hydroxylation sites is 1. The van der Waals surface area contributed by atoms with Gasteiger partial charge in [-0.15, -0.1) is 0 Å². The minimum Gasteiger partial charge on any atom is -0.496 e. The van der Waals surface area contributed by atoms with Crippen molar-refractivity contribution in [3.8, 4) is 5.75 Å². The number of methoxy groups -OCH3 is 1. The zero-order valence-corrected chi connectivity index (χ0v) is 11.8. The lowest BCUT2D eigenvalue weighted by Gasteiger charge is -2.18. The van der Waals surface area contributed by atoms with E-state index in [-0.39, 0.29) is 5.91 Å². The van der Waals surface area contributed by atoms with Gasteiger partial charge in [0, 0.05) is 24.7 Å². The second kappa shape index (κ2) is 7.41. The van der Waals surface area contributed by atoms with E-state index in [4.69, 9.17) is 4.74 Å². The molecule has 3 nitrogen and oxygen atoms in total. The van der Waals surface area contributed by atoms with E-state index in [2.05, 4.69) is 6.58 Å². The molecule has 1 rings (SSSR count). The fourth-order valence-corrected chi connectivity index (χ4v) is 1.74. The molecule has 0 saturated heterocycles. The van der Waals surface area contributed by atoms with Gasteiger partial charge < -0.3 is 9.64 Å². The van der Waals surface area contributed by atoms with Crippen LogP contribution < -0.4 is 4.74 Å². The SMILES string of the molecule is C=C(C)CN(CC)C(=O)C=Cc1ccccc1OC. The quantitative estimate of drug-likeness (QED) is 0.580. The molecule has 0 radical (unpaired) electrons. The Bertz CT molecular complexity index is 477. The Labute approximate surface area is 115 Å². The van der Waals surface area contributed by atoms with Gasteiger partial charge in [-0.2, -0.15) is 0 Å². The Hall–Kier alpha value is -2.03. The summed E-state index contributed by atoms with van der Waals surface area (Å²) in [6, 6.07) is 7.60. The molecule has 1 aromatic carbocycles. The van der Waals surface area contributed by atoms with E-state index < -0.39 is 0 Å². The first-order valence-electron chi connectivity index (χ1n) is 6.32. The van der Waals surface area contributed by atoms with Gasteiger partial charge >= 0.3 is 0 Å². The summed E-state index contributed by atoms with van der Waals surface area (Å²) >= 11 is 0. The monoisotopic (exact) mass is 259 g/mol. The first kappa shape index (κ1) is 15.0. The summed E-state index contributed by atoms with van der Waals surface area (Å²) in [5, 5.41) is 0. The van der Waals surface area contributed by atoms with Crippen LogP contribution in [0.25, 0.3) is 6.08 Å². The molecule has 19 heavy (non-hydrogen) atoms. The third-order valence-electron chi connectivity index (χ3n) is 2.70. The minimum atomic E-state index is -0.0172. The van der Waals surface area contributed by atoms with Gasteiger partial charge in [-0.25, -0.2) is 0 Å². The molecule has 3 heteroatoms. The van der Waals surface area contributed by atoms with Crippen molar-refractivity contribution in [3.63, 3.8) is 0 Å². The van der Waals surface area contributed by atoms with E-state index in [0.717, 1.165) is 16.9 Å². The molecule has 0 aromatic heterocycles. The summed E-state index contributed by atoms with van der Waals surface area (Å²) in [6.07, 6.45) is 3.35. The summed E-state index contributed by atoms with van der Waals surface area (Å²) in [5.41, 5.74) is 1.87. The van der Waals surface area contributed by atoms with Gasteiger partial charge in [-0.05, 0) is 26.0 Å². The third-order valence-corrected chi connectivity index (χ3v) is 2.70. The smallest absolute Gasteiger partial charge is 0.246 e. The van der Waals surface area contributed by atoms with Gasteiger partial charge in [-0.3, -0.25) is 4.79 Å². The van der Waals surface area contributed by atoms with Gasteiger partial charge in [0.2, 0.25) is 5.91 Å². The number of amides is 1. The van der Waals surface area contributed by atoms with E-state index in [1.807, 2.05) is 38.1 Å². The van der Waals surface area contributed by atoms with Crippen molar-refractivity contribution in [1.82, 2.24) is 4.90 Å². The molecule has 102 valence electrons. The summed E-state index contributed by atoms with van der Waals surface area (Å²) in [6.45, 7) is 8.96. The second-order valence-corrected chi connectivity index (χ2v) is 4.38. The lowest BCUT2D eigenvalue weighted by molar-refractivity contribution is -0.125. The number of rotatable bonds is 6. The maximum absolute atomic E-state index is 12.0. The van der Waals surface area contributed by atoms with Gasteiger partial charge in [0.25, 0.3) is 0 Å². The molecule has 0 atom stereocenters. The topological polar surface area (TPSA) is 29.5 Å². The molecule has 0 aliphatic heterocycles. The lowest BCUT2D eigenvalue weighted by atomic mass is 10.2. The van der Waals surface area contributed by atoms with Crippen molar-refractivity contribution >= 4 is 12.0 Å². The van der Waals surface area contributed by atoms with E-state index in [0.29, 0.717) is 13.1 Å². The molecule has 0 saturated carbocycles. The molecule has 0 N–H and O–H groups in total. The Balaban J connectivity index is 2.79. The van der Waals surface area contributed by atoms with Crippen molar-refractivity contribution < 1.29 is 9.53 Å². The maximum atomic E-state index is 12.0. The van der Waals surface area contributed by atoms with Crippen molar-refractivity contribution in [3.05, 3.63) is 48.1 Å². The molecular weight excluding hydrogens is 238 g/mol. The molecule has 0 unspecified atom stereocenters. The number of likely N-dealkylation sites (N-methyl/N-ethyl adjacent to an activating group) is 1. The first-order chi connectivity index (χ1) is 9.08. The van der Waals surface area contributed by atoms with Crippen LogP contribution in [0.4, 0.5) is 0 Å². The van der Waals surface area contributed by atoms with Crippen LogP contribution in [0.3, 0.4) is 0 Å². The van der Waals surface area contributed by atoms with Crippen LogP contribution in [0.15, 0.2) is 42.5 Å². The van der Waals surface area contributed by atoms with Crippen LogP contribution in [-0.4, -0.2) is 31.0 Å². The van der Waals surface area contributed by atoms with Gasteiger partial charge in [0.15, 0.2) is 0 Å². The number of hydrogen-bond donors (Lipinski definition) is 0. The average Bonchev–Trinajstić information content (AvgIpc) is 2.42. The van der Waals surface area contributed by atoms with Crippen molar-refractivity contribution in [2.24, 2.45) is 0 Å². The van der Waals surface area contributed by atoms with Gasteiger partial charge in [0.1, 0.15) is 5.75 Å². The van der Waals surface area contributed by atoms with Crippen molar-refractivity contribution in [2.45, 2.75) is 13.8 Å². The fraction of sp³-hybridized carbons (Fsp3) is 0.312. The molecule has 1 aromatic rings. The van der Waals surface area contributed by atoms with Gasteiger partial charge in [-0.1, -0.05) is 30.4 Å². The van der Waals surface area contributed by atoms with Crippen molar-refractivity contribution in [2.75, 3.05) is 20.2 Å². The zero-order chi connectivity index (χ0) is 14.3. The highest BCUT2D eigenvalue weighted by Gasteiger charge is 2.08. The zero-order valence-electron chi connectivity index (χ0n) is 11.8. The van der Waals surface area contributed by atoms with E-state index in [1.54, 1.807) is 24.2 Å². The van der Waals surface area contributed by atoms with Crippen LogP contribution in [0.5, 0.6) is 5.75 Å². The van der Waals surface area contributed by atoms with Crippen LogP contribution >= 0.6 is 0 Å². The standard InChI is InChI=1S/C16H21NO2/c1-5-17(12-13(2)3)16(18)11-10-14-8-6-7-9-15(14)19-4/h6-11H,2,5,12H2,1,3-4H3. The maximum Gasteiger partial charge on any atom is 0.246 e. The number of carbonyl (C=O) groups is 1. The highest BCUT2D eigenvalue weighted by Crippen LogP contribution is 2.18. The molecule has 0 aliphatic rings. The van der Waals surface area contributed by atoms with Crippen LogP contribution in [0.2, 0.25) is 0 Å². The summed E-state index contributed by atoms with van der Waals surface area (Å²) in [5.74, 6) is 0.742. The molecule has 0 heterocycles. The highest BCUT2D eigenvalue weighted by molar-refractivity contribution is 5.92. The summed E-state index contributed by atoms with van der Waals surface area (Å²) in [4.78, 5) is 13.8. The molecule has 1 amide bonds. The number of carbonyl (C=O) groups excluding carboxylic acids is 1. The summed E-state index contributed by atoms with van der Waals surface area (Å²) in [7, 11) is 1.62. The van der Waals surface area contributed by atoms with Crippen LogP contribution in [0, 0.1) is 0 Å². The first-order valence-corrected chi connectivity index (χ1v) is 6.32. The number of hydrogen-bond acceptors (Lipinski definition) is 2. The average molecular weight is 259 g/mol. The highest BCUT2D eigenvalue weighted by atomic mass is 16.5. The molecule has 0 fully saturated rings. The normalized spacial score (nSPS) is 10.5. The molecule has 0 spiro atoms. The lowest BCUT2D eigenvalue weighted by Crippen LogP contribution is -2.30. The second-order valence-electron chi connectivity index (χ2n) is 4.38. The Morgan fingerprint density at radius 1 is 1.42 bits per heavy atom. The van der Waals surface area contributed by atoms with E-state index in [1.165, 1.54) is 0 Å². The van der Waals surface area contributed by atoms with Gasteiger partial charge in [0.05, 0.1) is 7.11 Å². The molecular formula is C16H21NO2. The predicted octanol–water partition coefficient (Wildman–Crippen LogP) is 3.13. The van der Waals surface area contributed by atoms with E-state index >= 15 is 0 Å². The Morgan fingerprint density at radius 2 is 2.11 bits per heavy atom. The number of benzene rings is 1. The number of ether oxygens (including phenoxy) is 1. The Kier molecular flexibility index (Phi) is 5.86. The fourth-order valence-electron chi connectivity index (χ4n) is 1.74. The number of nitrogens with zero attached hydrogens (tertiary/aromatic N) is 1. The molecule has 0 aliphatic carbocycles. The van der Waals surface area contributed by atoms with Crippen LogP contribution in [-0.2, 0) is 4.79 Å².